The van der Waals surface area contributed by atoms with E-state index < -0.39 is 27.5 Å². The van der Waals surface area contributed by atoms with Gasteiger partial charge in [0.05, 0.1) is 34.4 Å². The van der Waals surface area contributed by atoms with Crippen molar-refractivity contribution < 1.29 is 27.1 Å². The van der Waals surface area contributed by atoms with E-state index in [1.807, 2.05) is 0 Å². The lowest BCUT2D eigenvalue weighted by atomic mass is 10.1. The van der Waals surface area contributed by atoms with Crippen LogP contribution in [0.3, 0.4) is 0 Å². The van der Waals surface area contributed by atoms with Crippen molar-refractivity contribution in [3.05, 3.63) is 58.6 Å². The number of sulfone groups is 1. The van der Waals surface area contributed by atoms with Crippen LogP contribution in [0.15, 0.2) is 52.4 Å². The smallest absolute Gasteiger partial charge is 0.325 e. The van der Waals surface area contributed by atoms with Crippen LogP contribution in [0.25, 0.3) is 10.2 Å². The molecule has 158 valence electrons. The van der Waals surface area contributed by atoms with E-state index in [9.17, 15) is 22.4 Å². The van der Waals surface area contributed by atoms with E-state index in [2.05, 4.69) is 4.99 Å². The van der Waals surface area contributed by atoms with Crippen molar-refractivity contribution in [2.45, 2.75) is 24.8 Å². The maximum absolute atomic E-state index is 13.6. The number of methoxy groups -OCH3 is 1. The Morgan fingerprint density at radius 3 is 2.50 bits per heavy atom. The molecule has 7 nitrogen and oxygen atoms in total. The van der Waals surface area contributed by atoms with Gasteiger partial charge >= 0.3 is 5.97 Å². The van der Waals surface area contributed by atoms with E-state index in [1.165, 1.54) is 42.0 Å². The lowest BCUT2D eigenvalue weighted by Crippen LogP contribution is -2.22. The summed E-state index contributed by atoms with van der Waals surface area (Å²) in [4.78, 5) is 28.8. The Bertz CT molecular complexity index is 1270. The molecule has 1 heterocycles. The van der Waals surface area contributed by atoms with E-state index in [0.717, 1.165) is 11.3 Å². The Morgan fingerprint density at radius 2 is 1.87 bits per heavy atom. The number of esters is 1. The third kappa shape index (κ3) is 4.82. The quantitative estimate of drug-likeness (QED) is 0.538. The average Bonchev–Trinajstić information content (AvgIpc) is 3.03. The molecule has 2 aromatic carbocycles. The second-order valence-corrected chi connectivity index (χ2v) is 9.68. The van der Waals surface area contributed by atoms with Crippen LogP contribution in [-0.4, -0.2) is 37.7 Å². The van der Waals surface area contributed by atoms with Crippen molar-refractivity contribution in [1.29, 1.82) is 0 Å². The zero-order valence-electron chi connectivity index (χ0n) is 16.3. The number of aromatic nitrogens is 1. The topological polar surface area (TPSA) is 94.8 Å². The van der Waals surface area contributed by atoms with Crippen LogP contribution in [0, 0.1) is 5.82 Å². The predicted octanol–water partition coefficient (Wildman–Crippen LogP) is 2.48. The van der Waals surface area contributed by atoms with Gasteiger partial charge < -0.3 is 9.30 Å². The van der Waals surface area contributed by atoms with Crippen molar-refractivity contribution in [2.24, 2.45) is 4.99 Å². The zero-order chi connectivity index (χ0) is 21.9. The SMILES string of the molecule is CCS(=O)(=O)c1ccc(CC(=O)N=c2sc3cc(F)ccc3n2CC(=O)OC)cc1. The normalized spacial score (nSPS) is 12.3. The monoisotopic (exact) mass is 450 g/mol. The number of benzene rings is 2. The number of amides is 1. The number of hydrogen-bond donors (Lipinski definition) is 0. The maximum atomic E-state index is 13.6. The first-order chi connectivity index (χ1) is 14.2. The molecule has 0 aliphatic carbocycles. The van der Waals surface area contributed by atoms with Gasteiger partial charge in [0, 0.05) is 0 Å². The number of nitrogens with zero attached hydrogens (tertiary/aromatic N) is 2. The average molecular weight is 451 g/mol. The molecule has 0 bridgehead atoms. The molecule has 0 spiro atoms. The van der Waals surface area contributed by atoms with Crippen LogP contribution < -0.4 is 4.80 Å². The molecule has 0 fully saturated rings. The van der Waals surface area contributed by atoms with Gasteiger partial charge in [0.25, 0.3) is 5.91 Å². The lowest BCUT2D eigenvalue weighted by molar-refractivity contribution is -0.141. The Morgan fingerprint density at radius 1 is 1.17 bits per heavy atom. The standard InChI is InChI=1S/C20H19FN2O5S2/c1-3-30(26,27)15-7-4-13(5-8-15)10-18(24)22-20-23(12-19(25)28-2)16-9-6-14(21)11-17(16)29-20/h4-9,11H,3,10,12H2,1-2H3. The van der Waals surface area contributed by atoms with Gasteiger partial charge in [0.2, 0.25) is 0 Å². The second kappa shape index (κ2) is 8.88. The summed E-state index contributed by atoms with van der Waals surface area (Å²) in [6.45, 7) is 1.39. The van der Waals surface area contributed by atoms with E-state index in [4.69, 9.17) is 4.74 Å². The summed E-state index contributed by atoms with van der Waals surface area (Å²) in [6, 6.07) is 10.1. The minimum Gasteiger partial charge on any atom is -0.468 e. The van der Waals surface area contributed by atoms with Gasteiger partial charge in [-0.3, -0.25) is 9.59 Å². The fraction of sp³-hybridized carbons (Fsp3) is 0.250. The molecule has 0 N–H and O–H groups in total. The number of hydrogen-bond acceptors (Lipinski definition) is 6. The first-order valence-corrected chi connectivity index (χ1v) is 11.5. The van der Waals surface area contributed by atoms with Crippen molar-refractivity contribution in [3.63, 3.8) is 0 Å². The van der Waals surface area contributed by atoms with Crippen LogP contribution in [0.5, 0.6) is 0 Å². The molecule has 0 saturated carbocycles. The molecule has 0 atom stereocenters. The van der Waals surface area contributed by atoms with Crippen LogP contribution in [0.1, 0.15) is 12.5 Å². The minimum absolute atomic E-state index is 0.00661. The predicted molar refractivity (Wildman–Crippen MR) is 110 cm³/mol. The Kier molecular flexibility index (Phi) is 6.47. The fourth-order valence-corrected chi connectivity index (χ4v) is 4.74. The largest absolute Gasteiger partial charge is 0.468 e. The van der Waals surface area contributed by atoms with Gasteiger partial charge in [-0.05, 0) is 35.9 Å². The molecule has 1 amide bonds. The maximum Gasteiger partial charge on any atom is 0.325 e. The van der Waals surface area contributed by atoms with E-state index in [1.54, 1.807) is 19.1 Å². The molecular weight excluding hydrogens is 431 g/mol. The Hall–Kier alpha value is -2.85. The first kappa shape index (κ1) is 21.8. The Balaban J connectivity index is 1.93. The summed E-state index contributed by atoms with van der Waals surface area (Å²) in [6.07, 6.45) is -0.0483. The third-order valence-electron chi connectivity index (χ3n) is 4.40. The van der Waals surface area contributed by atoms with E-state index >= 15 is 0 Å². The van der Waals surface area contributed by atoms with Gasteiger partial charge in [0.15, 0.2) is 14.6 Å². The molecule has 10 heteroatoms. The fourth-order valence-electron chi connectivity index (χ4n) is 2.78. The van der Waals surface area contributed by atoms with Gasteiger partial charge in [-0.1, -0.05) is 30.4 Å². The third-order valence-corrected chi connectivity index (χ3v) is 7.19. The number of carbonyl (C=O) groups excluding carboxylic acids is 2. The first-order valence-electron chi connectivity index (χ1n) is 8.98. The number of carbonyl (C=O) groups is 2. The highest BCUT2D eigenvalue weighted by Gasteiger charge is 2.14. The summed E-state index contributed by atoms with van der Waals surface area (Å²) in [5.74, 6) is -1.45. The molecular formula is C20H19FN2O5S2. The summed E-state index contributed by atoms with van der Waals surface area (Å²) in [5.41, 5.74) is 1.16. The van der Waals surface area contributed by atoms with Gasteiger partial charge in [0.1, 0.15) is 12.4 Å². The van der Waals surface area contributed by atoms with Gasteiger partial charge in [-0.2, -0.15) is 4.99 Å². The second-order valence-electron chi connectivity index (χ2n) is 6.39. The van der Waals surface area contributed by atoms with Crippen molar-refractivity contribution in [1.82, 2.24) is 4.57 Å². The highest BCUT2D eigenvalue weighted by Crippen LogP contribution is 2.19. The number of rotatable bonds is 6. The molecule has 0 saturated heterocycles. The molecule has 0 unspecified atom stereocenters. The number of thiazole rings is 1. The molecule has 3 aromatic rings. The molecule has 3 rings (SSSR count). The van der Waals surface area contributed by atoms with Crippen LogP contribution in [0.4, 0.5) is 4.39 Å². The summed E-state index contributed by atoms with van der Waals surface area (Å²) < 4.78 is 44.1. The molecule has 0 aliphatic heterocycles. The van der Waals surface area contributed by atoms with Crippen molar-refractivity contribution in [3.8, 4) is 0 Å². The number of fused-ring (bicyclic) bond motifs is 1. The number of halogens is 1. The molecule has 30 heavy (non-hydrogen) atoms. The zero-order valence-corrected chi connectivity index (χ0v) is 17.9. The minimum atomic E-state index is -3.31. The van der Waals surface area contributed by atoms with E-state index in [-0.39, 0.29) is 28.4 Å². The van der Waals surface area contributed by atoms with Crippen LogP contribution in [-0.2, 0) is 37.1 Å². The number of ether oxygens (including phenoxy) is 1. The van der Waals surface area contributed by atoms with Gasteiger partial charge in [-0.15, -0.1) is 0 Å². The lowest BCUT2D eigenvalue weighted by Gasteiger charge is -2.04. The highest BCUT2D eigenvalue weighted by molar-refractivity contribution is 7.91. The van der Waals surface area contributed by atoms with Gasteiger partial charge in [-0.25, -0.2) is 12.8 Å². The Labute approximate surface area is 176 Å². The summed E-state index contributed by atoms with van der Waals surface area (Å²) >= 11 is 1.09. The summed E-state index contributed by atoms with van der Waals surface area (Å²) in [5, 5.41) is 0. The molecule has 1 aromatic heterocycles. The van der Waals surface area contributed by atoms with Crippen LogP contribution >= 0.6 is 11.3 Å². The molecule has 0 aliphatic rings. The van der Waals surface area contributed by atoms with Crippen LogP contribution in [0.2, 0.25) is 0 Å². The summed E-state index contributed by atoms with van der Waals surface area (Å²) in [7, 11) is -2.06. The van der Waals surface area contributed by atoms with E-state index in [0.29, 0.717) is 15.8 Å². The van der Waals surface area contributed by atoms with Crippen molar-refractivity contribution in [2.75, 3.05) is 12.9 Å². The van der Waals surface area contributed by atoms with Crippen molar-refractivity contribution >= 4 is 43.3 Å². The molecule has 0 radical (unpaired) electrons. The highest BCUT2D eigenvalue weighted by atomic mass is 32.2.